The number of fused-ring (bicyclic) bond motifs is 1. The summed E-state index contributed by atoms with van der Waals surface area (Å²) in [5.74, 6) is 0.366. The van der Waals surface area contributed by atoms with Crippen molar-refractivity contribution in [3.63, 3.8) is 0 Å². The Hall–Kier alpha value is -2.91. The van der Waals surface area contributed by atoms with Crippen LogP contribution in [0, 0.1) is 0 Å². The lowest BCUT2D eigenvalue weighted by Gasteiger charge is -2.29. The van der Waals surface area contributed by atoms with Gasteiger partial charge in [0, 0.05) is 31.4 Å². The molecule has 2 aromatic rings. The number of amides is 1. The SMILES string of the molecule is O=C(C=Cc1cc(Cl)c2c(c1)OCO2)NCc1ccc(N2CCOCC2)cc1C(F)(F)F. The fourth-order valence-corrected chi connectivity index (χ4v) is 3.77. The van der Waals surface area contributed by atoms with Gasteiger partial charge < -0.3 is 24.4 Å². The second-order valence-corrected chi connectivity index (χ2v) is 7.63. The Kier molecular flexibility index (Phi) is 6.48. The van der Waals surface area contributed by atoms with Crippen molar-refractivity contribution >= 4 is 29.3 Å². The second kappa shape index (κ2) is 9.30. The van der Waals surface area contributed by atoms with Crippen LogP contribution in [0.3, 0.4) is 0 Å². The van der Waals surface area contributed by atoms with E-state index in [-0.39, 0.29) is 18.9 Å². The maximum Gasteiger partial charge on any atom is 0.416 e. The zero-order chi connectivity index (χ0) is 22.7. The number of carbonyl (C=O) groups excluding carboxylic acids is 1. The van der Waals surface area contributed by atoms with Crippen LogP contribution < -0.4 is 19.7 Å². The number of hydrogen-bond acceptors (Lipinski definition) is 5. The average Bonchev–Trinajstić information content (AvgIpc) is 3.25. The summed E-state index contributed by atoms with van der Waals surface area (Å²) in [7, 11) is 0. The minimum atomic E-state index is -4.54. The molecule has 0 unspecified atom stereocenters. The van der Waals surface area contributed by atoms with Crippen molar-refractivity contribution in [1.29, 1.82) is 0 Å². The minimum Gasteiger partial charge on any atom is -0.454 e. The number of nitrogens with one attached hydrogen (secondary N) is 1. The summed E-state index contributed by atoms with van der Waals surface area (Å²) in [4.78, 5) is 14.0. The van der Waals surface area contributed by atoms with Crippen LogP contribution in [0.15, 0.2) is 36.4 Å². The third-order valence-electron chi connectivity index (χ3n) is 5.10. The fourth-order valence-electron chi connectivity index (χ4n) is 3.50. The van der Waals surface area contributed by atoms with Gasteiger partial charge in [0.05, 0.1) is 23.8 Å². The molecule has 2 aromatic carbocycles. The van der Waals surface area contributed by atoms with E-state index in [1.807, 2.05) is 4.90 Å². The molecule has 1 amide bonds. The van der Waals surface area contributed by atoms with E-state index in [0.29, 0.717) is 54.1 Å². The van der Waals surface area contributed by atoms with E-state index in [0.717, 1.165) is 6.07 Å². The zero-order valence-electron chi connectivity index (χ0n) is 16.9. The van der Waals surface area contributed by atoms with Gasteiger partial charge in [0.1, 0.15) is 0 Å². The molecule has 1 N–H and O–H groups in total. The lowest BCUT2D eigenvalue weighted by Crippen LogP contribution is -2.36. The highest BCUT2D eigenvalue weighted by Crippen LogP contribution is 2.40. The van der Waals surface area contributed by atoms with Gasteiger partial charge in [0.2, 0.25) is 12.7 Å². The first kappa shape index (κ1) is 22.3. The summed E-state index contributed by atoms with van der Waals surface area (Å²) in [6, 6.07) is 7.41. The maximum absolute atomic E-state index is 13.6. The normalized spacial score (nSPS) is 15.9. The minimum absolute atomic E-state index is 0.0117. The number of rotatable bonds is 5. The first-order valence-electron chi connectivity index (χ1n) is 9.89. The van der Waals surface area contributed by atoms with Crippen LogP contribution in [0.2, 0.25) is 5.02 Å². The van der Waals surface area contributed by atoms with E-state index in [1.165, 1.54) is 18.2 Å². The largest absolute Gasteiger partial charge is 0.454 e. The Morgan fingerprint density at radius 3 is 2.69 bits per heavy atom. The number of nitrogens with zero attached hydrogens (tertiary/aromatic N) is 1. The Balaban J connectivity index is 1.44. The van der Waals surface area contributed by atoms with Crippen LogP contribution in [-0.4, -0.2) is 39.0 Å². The number of carbonyl (C=O) groups is 1. The average molecular weight is 469 g/mol. The van der Waals surface area contributed by atoms with Gasteiger partial charge in [-0.25, -0.2) is 0 Å². The van der Waals surface area contributed by atoms with Gasteiger partial charge in [-0.3, -0.25) is 4.79 Å². The highest BCUT2D eigenvalue weighted by molar-refractivity contribution is 6.32. The number of benzene rings is 2. The van der Waals surface area contributed by atoms with Crippen molar-refractivity contribution < 1.29 is 32.2 Å². The molecule has 6 nitrogen and oxygen atoms in total. The van der Waals surface area contributed by atoms with Crippen LogP contribution in [-0.2, 0) is 22.3 Å². The molecule has 0 atom stereocenters. The van der Waals surface area contributed by atoms with Crippen molar-refractivity contribution in [2.24, 2.45) is 0 Å². The topological polar surface area (TPSA) is 60.0 Å². The first-order valence-corrected chi connectivity index (χ1v) is 10.3. The van der Waals surface area contributed by atoms with Gasteiger partial charge in [-0.15, -0.1) is 0 Å². The standard InChI is InChI=1S/C22H20ClF3N2O4/c23-18-9-14(10-19-21(18)32-13-31-19)1-4-20(29)27-12-15-2-3-16(11-17(15)22(24,25)26)28-5-7-30-8-6-28/h1-4,9-11H,5-8,12-13H2,(H,27,29). The molecule has 170 valence electrons. The summed E-state index contributed by atoms with van der Waals surface area (Å²) < 4.78 is 56.6. The molecule has 2 aliphatic rings. The van der Waals surface area contributed by atoms with Crippen molar-refractivity contribution in [2.45, 2.75) is 12.7 Å². The van der Waals surface area contributed by atoms with Gasteiger partial charge in [-0.2, -0.15) is 13.2 Å². The van der Waals surface area contributed by atoms with Crippen molar-refractivity contribution in [1.82, 2.24) is 5.32 Å². The van der Waals surface area contributed by atoms with E-state index in [2.05, 4.69) is 5.32 Å². The molecule has 0 saturated carbocycles. The zero-order valence-corrected chi connectivity index (χ0v) is 17.6. The van der Waals surface area contributed by atoms with Gasteiger partial charge in [0.25, 0.3) is 0 Å². The molecule has 0 bridgehead atoms. The summed E-state index contributed by atoms with van der Waals surface area (Å²) >= 11 is 6.10. The van der Waals surface area contributed by atoms with E-state index in [1.54, 1.807) is 18.2 Å². The smallest absolute Gasteiger partial charge is 0.416 e. The van der Waals surface area contributed by atoms with Crippen molar-refractivity contribution in [2.75, 3.05) is 38.0 Å². The number of ether oxygens (including phenoxy) is 3. The molecule has 1 saturated heterocycles. The molecule has 4 rings (SSSR count). The first-order chi connectivity index (χ1) is 15.3. The molecule has 32 heavy (non-hydrogen) atoms. The molecule has 0 aliphatic carbocycles. The van der Waals surface area contributed by atoms with Crippen molar-refractivity contribution in [3.8, 4) is 11.5 Å². The highest BCUT2D eigenvalue weighted by Gasteiger charge is 2.34. The van der Waals surface area contributed by atoms with Crippen LogP contribution >= 0.6 is 11.6 Å². The third kappa shape index (κ3) is 5.11. The monoisotopic (exact) mass is 468 g/mol. The quantitative estimate of drug-likeness (QED) is 0.665. The molecule has 0 aromatic heterocycles. The summed E-state index contributed by atoms with van der Waals surface area (Å²) in [5.41, 5.74) is 0.297. The Morgan fingerprint density at radius 1 is 1.16 bits per heavy atom. The number of hydrogen-bond donors (Lipinski definition) is 1. The molecule has 2 heterocycles. The fraction of sp³-hybridized carbons (Fsp3) is 0.318. The summed E-state index contributed by atoms with van der Waals surface area (Å²) in [6.07, 6.45) is -1.82. The Morgan fingerprint density at radius 2 is 1.94 bits per heavy atom. The molecule has 1 fully saturated rings. The van der Waals surface area contributed by atoms with E-state index < -0.39 is 17.6 Å². The summed E-state index contributed by atoms with van der Waals surface area (Å²) in [6.45, 7) is 1.81. The van der Waals surface area contributed by atoms with Gasteiger partial charge in [-0.1, -0.05) is 17.7 Å². The third-order valence-corrected chi connectivity index (χ3v) is 5.39. The number of morpholine rings is 1. The maximum atomic E-state index is 13.6. The van der Waals surface area contributed by atoms with E-state index in [9.17, 15) is 18.0 Å². The molecular formula is C22H20ClF3N2O4. The van der Waals surface area contributed by atoms with Gasteiger partial charge in [-0.05, 0) is 41.5 Å². The molecule has 2 aliphatic heterocycles. The van der Waals surface area contributed by atoms with Crippen LogP contribution in [0.25, 0.3) is 6.08 Å². The number of anilines is 1. The predicted octanol–water partition coefficient (Wildman–Crippen LogP) is 4.25. The Labute approximate surface area is 187 Å². The van der Waals surface area contributed by atoms with Crippen LogP contribution in [0.1, 0.15) is 16.7 Å². The van der Waals surface area contributed by atoms with Gasteiger partial charge >= 0.3 is 6.18 Å². The Bertz CT molecular complexity index is 1040. The molecule has 0 spiro atoms. The van der Waals surface area contributed by atoms with Crippen molar-refractivity contribution in [3.05, 3.63) is 58.1 Å². The second-order valence-electron chi connectivity index (χ2n) is 7.23. The number of alkyl halides is 3. The molecule has 10 heteroatoms. The highest BCUT2D eigenvalue weighted by atomic mass is 35.5. The van der Waals surface area contributed by atoms with Crippen LogP contribution in [0.5, 0.6) is 11.5 Å². The van der Waals surface area contributed by atoms with Crippen LogP contribution in [0.4, 0.5) is 18.9 Å². The predicted molar refractivity (Wildman–Crippen MR) is 113 cm³/mol. The summed E-state index contributed by atoms with van der Waals surface area (Å²) in [5, 5.41) is 2.84. The molecular weight excluding hydrogens is 449 g/mol. The number of halogens is 4. The van der Waals surface area contributed by atoms with E-state index >= 15 is 0 Å². The lowest BCUT2D eigenvalue weighted by molar-refractivity contribution is -0.138. The van der Waals surface area contributed by atoms with E-state index in [4.69, 9.17) is 25.8 Å². The lowest BCUT2D eigenvalue weighted by atomic mass is 10.0. The molecule has 0 radical (unpaired) electrons. The van der Waals surface area contributed by atoms with Gasteiger partial charge in [0.15, 0.2) is 11.5 Å².